The quantitative estimate of drug-likeness (QED) is 0.792. The summed E-state index contributed by atoms with van der Waals surface area (Å²) in [6, 6.07) is 7.38. The van der Waals surface area contributed by atoms with E-state index in [2.05, 4.69) is 0 Å². The van der Waals surface area contributed by atoms with Crippen molar-refractivity contribution in [1.29, 1.82) is 0 Å². The van der Waals surface area contributed by atoms with Crippen LogP contribution in [0.3, 0.4) is 0 Å². The zero-order valence-electron chi connectivity index (χ0n) is 12.0. The molecule has 0 amide bonds. The Labute approximate surface area is 132 Å². The highest BCUT2D eigenvalue weighted by Crippen LogP contribution is 2.47. The van der Waals surface area contributed by atoms with Gasteiger partial charge < -0.3 is 0 Å². The van der Waals surface area contributed by atoms with Crippen LogP contribution >= 0.6 is 0 Å². The van der Waals surface area contributed by atoms with Crippen LogP contribution in [0.1, 0.15) is 12.8 Å². The number of sulfone groups is 1. The molecular formula is C16H15F3O3S. The fourth-order valence-electron chi connectivity index (χ4n) is 3.67. The minimum atomic E-state index is -5.03. The molecule has 1 aromatic carbocycles. The molecule has 3 nitrogen and oxygen atoms in total. The summed E-state index contributed by atoms with van der Waals surface area (Å²) in [6.07, 6.45) is -0.909. The highest BCUT2D eigenvalue weighted by Gasteiger charge is 2.56. The van der Waals surface area contributed by atoms with Gasteiger partial charge in [0.25, 0.3) is 0 Å². The minimum Gasteiger partial charge on any atom is -0.289 e. The van der Waals surface area contributed by atoms with Gasteiger partial charge in [-0.15, -0.1) is 0 Å². The summed E-state index contributed by atoms with van der Waals surface area (Å²) in [7, 11) is -4.02. The number of benzene rings is 1. The molecule has 23 heavy (non-hydrogen) atoms. The number of allylic oxidation sites excluding steroid dienone is 2. The van der Waals surface area contributed by atoms with Gasteiger partial charge in [0.2, 0.25) is 5.78 Å². The number of ketones is 1. The highest BCUT2D eigenvalue weighted by atomic mass is 32.2. The van der Waals surface area contributed by atoms with Crippen molar-refractivity contribution in [3.05, 3.63) is 42.5 Å². The van der Waals surface area contributed by atoms with Crippen LogP contribution < -0.4 is 0 Å². The van der Waals surface area contributed by atoms with Crippen molar-refractivity contribution >= 4 is 15.6 Å². The number of hydrogen-bond acceptors (Lipinski definition) is 3. The topological polar surface area (TPSA) is 51.2 Å². The Morgan fingerprint density at radius 3 is 2.09 bits per heavy atom. The summed E-state index contributed by atoms with van der Waals surface area (Å²) < 4.78 is 64.6. The van der Waals surface area contributed by atoms with Gasteiger partial charge in [0, 0.05) is 0 Å². The summed E-state index contributed by atoms with van der Waals surface area (Å²) in [5, 5.41) is -1.34. The number of alkyl halides is 3. The number of fused-ring (bicyclic) bond motifs is 2. The molecule has 0 heterocycles. The van der Waals surface area contributed by atoms with Gasteiger partial charge in [0.05, 0.1) is 16.1 Å². The first-order chi connectivity index (χ1) is 10.7. The van der Waals surface area contributed by atoms with Crippen LogP contribution in [-0.4, -0.2) is 25.6 Å². The van der Waals surface area contributed by atoms with Gasteiger partial charge in [0.15, 0.2) is 9.84 Å². The predicted molar refractivity (Wildman–Crippen MR) is 77.3 cm³/mol. The van der Waals surface area contributed by atoms with E-state index in [1.807, 2.05) is 0 Å². The van der Waals surface area contributed by atoms with Crippen LogP contribution in [0.2, 0.25) is 0 Å². The summed E-state index contributed by atoms with van der Waals surface area (Å²) in [5.74, 6) is -4.70. The van der Waals surface area contributed by atoms with Crippen LogP contribution in [0.4, 0.5) is 13.2 Å². The molecule has 1 aromatic rings. The molecule has 1 fully saturated rings. The van der Waals surface area contributed by atoms with Gasteiger partial charge >= 0.3 is 6.18 Å². The lowest BCUT2D eigenvalue weighted by atomic mass is 9.67. The van der Waals surface area contributed by atoms with Gasteiger partial charge in [-0.05, 0) is 36.8 Å². The molecular weight excluding hydrogens is 329 g/mol. The maximum atomic E-state index is 13.0. The zero-order chi connectivity index (χ0) is 16.8. The molecule has 2 bridgehead atoms. The molecule has 1 saturated carbocycles. The average molecular weight is 344 g/mol. The Balaban J connectivity index is 2.08. The third-order valence-electron chi connectivity index (χ3n) is 4.69. The van der Waals surface area contributed by atoms with Crippen molar-refractivity contribution in [2.45, 2.75) is 29.2 Å². The Bertz CT molecular complexity index is 738. The number of rotatable bonds is 3. The highest BCUT2D eigenvalue weighted by molar-refractivity contribution is 7.92. The summed E-state index contributed by atoms with van der Waals surface area (Å²) in [5.41, 5.74) is 0. The lowest BCUT2D eigenvalue weighted by Crippen LogP contribution is -2.52. The van der Waals surface area contributed by atoms with Crippen LogP contribution in [0.5, 0.6) is 0 Å². The van der Waals surface area contributed by atoms with E-state index in [-0.39, 0.29) is 4.90 Å². The summed E-state index contributed by atoms with van der Waals surface area (Å²) in [4.78, 5) is 11.8. The van der Waals surface area contributed by atoms with Gasteiger partial charge in [0.1, 0.15) is 0 Å². The van der Waals surface area contributed by atoms with E-state index in [0.717, 1.165) is 0 Å². The fraction of sp³-hybridized carbons (Fsp3) is 0.438. The number of carbonyl (C=O) groups is 1. The molecule has 3 aliphatic rings. The first-order valence-corrected chi connectivity index (χ1v) is 8.86. The van der Waals surface area contributed by atoms with E-state index in [9.17, 15) is 26.4 Å². The molecule has 124 valence electrons. The molecule has 4 atom stereocenters. The number of halogens is 3. The number of hydrogen-bond donors (Lipinski definition) is 0. The van der Waals surface area contributed by atoms with E-state index in [4.69, 9.17) is 0 Å². The SMILES string of the molecule is O=C([C@H]1[C@H](S(=O)(=O)c2ccccc2)[C@H]2C=C[C@@H]1CC2)C(F)(F)F. The molecule has 0 saturated heterocycles. The lowest BCUT2D eigenvalue weighted by molar-refractivity contribution is -0.178. The lowest BCUT2D eigenvalue weighted by Gasteiger charge is -2.43. The first kappa shape index (κ1) is 16.2. The molecule has 0 aromatic heterocycles. The number of Topliss-reactive ketones (excluding diaryl/α,β-unsaturated/α-hetero) is 1. The van der Waals surface area contributed by atoms with Crippen molar-refractivity contribution in [1.82, 2.24) is 0 Å². The maximum absolute atomic E-state index is 13.0. The molecule has 0 unspecified atom stereocenters. The predicted octanol–water partition coefficient (Wildman–Crippen LogP) is 3.17. The van der Waals surface area contributed by atoms with E-state index >= 15 is 0 Å². The third-order valence-corrected chi connectivity index (χ3v) is 6.98. The van der Waals surface area contributed by atoms with Gasteiger partial charge in [-0.2, -0.15) is 13.2 Å². The van der Waals surface area contributed by atoms with Crippen molar-refractivity contribution < 1.29 is 26.4 Å². The Morgan fingerprint density at radius 2 is 1.57 bits per heavy atom. The van der Waals surface area contributed by atoms with Gasteiger partial charge in [-0.3, -0.25) is 4.79 Å². The molecule has 4 rings (SSSR count). The molecule has 7 heteroatoms. The monoisotopic (exact) mass is 344 g/mol. The smallest absolute Gasteiger partial charge is 0.289 e. The molecule has 0 aliphatic heterocycles. The van der Waals surface area contributed by atoms with Crippen LogP contribution in [0.25, 0.3) is 0 Å². The summed E-state index contributed by atoms with van der Waals surface area (Å²) in [6.45, 7) is 0. The number of carbonyl (C=O) groups excluding carboxylic acids is 1. The standard InChI is InChI=1S/C16H15F3O3S/c17-16(18,19)15(20)13-10-6-8-11(9-7-10)14(13)23(21,22)12-4-2-1-3-5-12/h1-6,8,10-11,13-14H,7,9H2/t10-,11+,13-,14-/m1/s1. The Morgan fingerprint density at radius 1 is 1.00 bits per heavy atom. The second kappa shape index (κ2) is 5.47. The summed E-state index contributed by atoms with van der Waals surface area (Å²) >= 11 is 0. The van der Waals surface area contributed by atoms with Crippen molar-refractivity contribution in [2.24, 2.45) is 17.8 Å². The zero-order valence-corrected chi connectivity index (χ0v) is 12.8. The van der Waals surface area contributed by atoms with E-state index < -0.39 is 44.8 Å². The van der Waals surface area contributed by atoms with Gasteiger partial charge in [-0.25, -0.2) is 8.42 Å². The molecule has 0 N–H and O–H groups in total. The normalized spacial score (nSPS) is 30.4. The van der Waals surface area contributed by atoms with Crippen molar-refractivity contribution in [3.8, 4) is 0 Å². The van der Waals surface area contributed by atoms with E-state index in [1.165, 1.54) is 24.3 Å². The fourth-order valence-corrected chi connectivity index (χ4v) is 5.92. The molecule has 0 spiro atoms. The van der Waals surface area contributed by atoms with Gasteiger partial charge in [-0.1, -0.05) is 30.4 Å². The Hall–Kier alpha value is -1.63. The van der Waals surface area contributed by atoms with Crippen LogP contribution in [0, 0.1) is 17.8 Å². The van der Waals surface area contributed by atoms with E-state index in [0.29, 0.717) is 12.8 Å². The Kier molecular flexibility index (Phi) is 3.86. The molecule has 0 radical (unpaired) electrons. The minimum absolute atomic E-state index is 0.0362. The van der Waals surface area contributed by atoms with Crippen LogP contribution in [0.15, 0.2) is 47.4 Å². The first-order valence-electron chi connectivity index (χ1n) is 7.31. The van der Waals surface area contributed by atoms with Crippen LogP contribution in [-0.2, 0) is 14.6 Å². The molecule has 3 aliphatic carbocycles. The largest absolute Gasteiger partial charge is 0.450 e. The van der Waals surface area contributed by atoms with Crippen molar-refractivity contribution in [2.75, 3.05) is 0 Å². The second-order valence-electron chi connectivity index (χ2n) is 6.00. The van der Waals surface area contributed by atoms with E-state index in [1.54, 1.807) is 18.2 Å². The maximum Gasteiger partial charge on any atom is 0.450 e. The average Bonchev–Trinajstić information content (AvgIpc) is 2.54. The van der Waals surface area contributed by atoms with Crippen molar-refractivity contribution in [3.63, 3.8) is 0 Å². The second-order valence-corrected chi connectivity index (χ2v) is 8.11. The third kappa shape index (κ3) is 2.71.